The number of carbonyl (C=O) groups excluding carboxylic acids is 1. The van der Waals surface area contributed by atoms with Gasteiger partial charge in [0.2, 0.25) is 5.91 Å². The molecule has 2 heterocycles. The van der Waals surface area contributed by atoms with E-state index in [-0.39, 0.29) is 22.8 Å². The number of hydrogen-bond donors (Lipinski definition) is 1. The predicted octanol–water partition coefficient (Wildman–Crippen LogP) is 3.71. The van der Waals surface area contributed by atoms with Crippen molar-refractivity contribution < 1.29 is 17.6 Å². The van der Waals surface area contributed by atoms with Gasteiger partial charge < -0.3 is 10.2 Å². The van der Waals surface area contributed by atoms with Gasteiger partial charge in [-0.2, -0.15) is 8.42 Å². The van der Waals surface area contributed by atoms with Gasteiger partial charge in [0.05, 0.1) is 0 Å². The van der Waals surface area contributed by atoms with Crippen LogP contribution in [0.3, 0.4) is 0 Å². The molecule has 0 saturated carbocycles. The van der Waals surface area contributed by atoms with Crippen LogP contribution < -0.4 is 5.32 Å². The second kappa shape index (κ2) is 9.29. The molecule has 2 aliphatic rings. The van der Waals surface area contributed by atoms with Crippen LogP contribution in [0, 0.1) is 11.7 Å². The Kier molecular flexibility index (Phi) is 6.95. The minimum atomic E-state index is -3.82. The summed E-state index contributed by atoms with van der Waals surface area (Å²) in [5.41, 5.74) is 1.02. The van der Waals surface area contributed by atoms with Crippen LogP contribution in [0.4, 0.5) is 4.39 Å². The van der Waals surface area contributed by atoms with E-state index >= 15 is 0 Å². The zero-order valence-electron chi connectivity index (χ0n) is 17.8. The first kappa shape index (κ1) is 22.5. The van der Waals surface area contributed by atoms with Crippen molar-refractivity contribution in [2.75, 3.05) is 13.1 Å². The lowest BCUT2D eigenvalue weighted by Crippen LogP contribution is -2.47. The van der Waals surface area contributed by atoms with Crippen LogP contribution in [0.15, 0.2) is 34.2 Å². The van der Waals surface area contributed by atoms with Crippen LogP contribution in [0.25, 0.3) is 4.91 Å². The van der Waals surface area contributed by atoms with Crippen LogP contribution in [0.5, 0.6) is 0 Å². The van der Waals surface area contributed by atoms with E-state index in [0.29, 0.717) is 30.1 Å². The average molecular weight is 436 g/mol. The Labute approximate surface area is 178 Å². The van der Waals surface area contributed by atoms with Crippen molar-refractivity contribution in [1.82, 2.24) is 10.2 Å². The van der Waals surface area contributed by atoms with Crippen molar-refractivity contribution in [3.05, 3.63) is 41.2 Å². The quantitative estimate of drug-likeness (QED) is 0.739. The fourth-order valence-corrected chi connectivity index (χ4v) is 5.49. The molecule has 0 bridgehead atoms. The summed E-state index contributed by atoms with van der Waals surface area (Å²) in [4.78, 5) is 14.5. The fraction of sp³-hybridized carbons (Fsp3) is 0.545. The molecule has 1 saturated heterocycles. The Balaban J connectivity index is 1.65. The Bertz CT molecular complexity index is 946. The van der Waals surface area contributed by atoms with Gasteiger partial charge in [-0.15, -0.1) is 4.40 Å². The van der Waals surface area contributed by atoms with Crippen molar-refractivity contribution in [1.29, 1.82) is 0 Å². The number of amidine groups is 1. The molecule has 1 atom stereocenters. The van der Waals surface area contributed by atoms with E-state index in [4.69, 9.17) is 0 Å². The van der Waals surface area contributed by atoms with Crippen molar-refractivity contribution >= 4 is 26.7 Å². The molecule has 164 valence electrons. The number of halogens is 1. The zero-order valence-corrected chi connectivity index (χ0v) is 18.6. The maximum absolute atomic E-state index is 13.2. The highest BCUT2D eigenvalue weighted by atomic mass is 32.2. The summed E-state index contributed by atoms with van der Waals surface area (Å²) in [5.74, 6) is 0.144. The molecule has 2 aliphatic heterocycles. The summed E-state index contributed by atoms with van der Waals surface area (Å²) in [7, 11) is -3.82. The molecular weight excluding hydrogens is 405 g/mol. The van der Waals surface area contributed by atoms with Crippen molar-refractivity contribution in [2.24, 2.45) is 10.3 Å². The molecule has 0 spiro atoms. The number of rotatable bonds is 6. The molecular formula is C22H30FN3O3S. The van der Waals surface area contributed by atoms with E-state index in [1.165, 1.54) is 24.3 Å². The Morgan fingerprint density at radius 2 is 1.90 bits per heavy atom. The van der Waals surface area contributed by atoms with Gasteiger partial charge in [0.25, 0.3) is 10.0 Å². The molecule has 3 rings (SSSR count). The Hall–Kier alpha value is -2.22. The normalized spacial score (nSPS) is 20.3. The second-order valence-corrected chi connectivity index (χ2v) is 9.71. The summed E-state index contributed by atoms with van der Waals surface area (Å²) >= 11 is 0. The highest BCUT2D eigenvalue weighted by molar-refractivity contribution is 8.00. The van der Waals surface area contributed by atoms with Crippen LogP contribution in [0.1, 0.15) is 58.4 Å². The van der Waals surface area contributed by atoms with E-state index in [1.54, 1.807) is 6.92 Å². The molecule has 8 heteroatoms. The van der Waals surface area contributed by atoms with Gasteiger partial charge in [-0.05, 0) is 43.9 Å². The summed E-state index contributed by atoms with van der Waals surface area (Å²) in [5, 5.41) is 3.13. The largest absolute Gasteiger partial charge is 0.356 e. The Morgan fingerprint density at radius 1 is 1.27 bits per heavy atom. The fourth-order valence-electron chi connectivity index (χ4n) is 4.01. The summed E-state index contributed by atoms with van der Waals surface area (Å²) in [6.07, 6.45) is 4.50. The third-order valence-electron chi connectivity index (χ3n) is 5.83. The van der Waals surface area contributed by atoms with E-state index in [9.17, 15) is 17.6 Å². The standard InChI is InChI=1S/C22H30FN3O3S/c1-4-5-6-15(2)22(27)24-19-11-13-26(14-12-19)21-16(3)20(30(28,29)25-21)17-7-9-18(23)10-8-17/h7-10,15,19H,4-6,11-14H2,1-3H3,(H,24,27)/t15-/m0/s1. The van der Waals surface area contributed by atoms with Gasteiger partial charge >= 0.3 is 0 Å². The first-order valence-electron chi connectivity index (χ1n) is 10.6. The maximum Gasteiger partial charge on any atom is 0.285 e. The van der Waals surface area contributed by atoms with Crippen LogP contribution >= 0.6 is 0 Å². The number of sulfonamides is 1. The van der Waals surface area contributed by atoms with Crippen LogP contribution in [0.2, 0.25) is 0 Å². The summed E-state index contributed by atoms with van der Waals surface area (Å²) in [6, 6.07) is 5.52. The zero-order chi connectivity index (χ0) is 21.9. The van der Waals surface area contributed by atoms with Crippen molar-refractivity contribution in [3.63, 3.8) is 0 Å². The molecule has 0 radical (unpaired) electrons. The second-order valence-electron chi connectivity index (χ2n) is 8.16. The molecule has 1 fully saturated rings. The smallest absolute Gasteiger partial charge is 0.285 e. The molecule has 0 aromatic heterocycles. The van der Waals surface area contributed by atoms with Crippen molar-refractivity contribution in [2.45, 2.75) is 58.9 Å². The Morgan fingerprint density at radius 3 is 2.50 bits per heavy atom. The van der Waals surface area contributed by atoms with E-state index in [0.717, 1.165) is 32.1 Å². The summed E-state index contributed by atoms with van der Waals surface area (Å²) < 4.78 is 42.6. The molecule has 1 aromatic rings. The maximum atomic E-state index is 13.2. The monoisotopic (exact) mass is 435 g/mol. The highest BCUT2D eigenvalue weighted by Gasteiger charge is 2.35. The average Bonchev–Trinajstić information content (AvgIpc) is 2.96. The number of benzene rings is 1. The van der Waals surface area contributed by atoms with Gasteiger partial charge in [-0.25, -0.2) is 4.39 Å². The third kappa shape index (κ3) is 4.91. The van der Waals surface area contributed by atoms with Crippen LogP contribution in [-0.4, -0.2) is 44.2 Å². The number of carbonyl (C=O) groups is 1. The van der Waals surface area contributed by atoms with Gasteiger partial charge in [0.15, 0.2) is 0 Å². The molecule has 0 unspecified atom stereocenters. The number of nitrogens with one attached hydrogen (secondary N) is 1. The minimum absolute atomic E-state index is 0.00998. The number of likely N-dealkylation sites (tertiary alicyclic amines) is 1. The SMILES string of the molecule is CCCC[C@H](C)C(=O)NC1CCN(C2=NS(=O)(=O)C(c3ccc(F)cc3)=C2C)CC1. The molecule has 1 amide bonds. The lowest BCUT2D eigenvalue weighted by Gasteiger charge is -2.34. The first-order chi connectivity index (χ1) is 14.2. The van der Waals surface area contributed by atoms with E-state index in [2.05, 4.69) is 16.6 Å². The van der Waals surface area contributed by atoms with Gasteiger partial charge in [-0.1, -0.05) is 38.8 Å². The molecule has 1 N–H and O–H groups in total. The lowest BCUT2D eigenvalue weighted by atomic mass is 10.00. The third-order valence-corrected chi connectivity index (χ3v) is 7.30. The molecule has 1 aromatic carbocycles. The van der Waals surface area contributed by atoms with Gasteiger partial charge in [0.1, 0.15) is 16.6 Å². The number of hydrogen-bond acceptors (Lipinski definition) is 4. The van der Waals surface area contributed by atoms with Gasteiger partial charge in [-0.3, -0.25) is 4.79 Å². The van der Waals surface area contributed by atoms with Crippen LogP contribution in [-0.2, 0) is 14.8 Å². The lowest BCUT2D eigenvalue weighted by molar-refractivity contribution is -0.125. The molecule has 30 heavy (non-hydrogen) atoms. The predicted molar refractivity (Wildman–Crippen MR) is 117 cm³/mol. The minimum Gasteiger partial charge on any atom is -0.356 e. The highest BCUT2D eigenvalue weighted by Crippen LogP contribution is 2.34. The number of piperidine rings is 1. The van der Waals surface area contributed by atoms with E-state index in [1.807, 2.05) is 11.8 Å². The van der Waals surface area contributed by atoms with Crippen molar-refractivity contribution in [3.8, 4) is 0 Å². The van der Waals surface area contributed by atoms with Gasteiger partial charge in [0, 0.05) is 30.6 Å². The molecule has 0 aliphatic carbocycles. The number of nitrogens with zero attached hydrogens (tertiary/aromatic N) is 2. The topological polar surface area (TPSA) is 78.8 Å². The number of unbranched alkanes of at least 4 members (excludes halogenated alkanes) is 1. The molecule has 6 nitrogen and oxygen atoms in total. The van der Waals surface area contributed by atoms with E-state index < -0.39 is 15.8 Å². The number of amides is 1. The summed E-state index contributed by atoms with van der Waals surface area (Å²) in [6.45, 7) is 7.06. The first-order valence-corrected chi connectivity index (χ1v) is 12.0.